The first-order valence-corrected chi connectivity index (χ1v) is 10.6. The fourth-order valence-corrected chi connectivity index (χ4v) is 3.41. The van der Waals surface area contributed by atoms with E-state index in [2.05, 4.69) is 4.98 Å². The van der Waals surface area contributed by atoms with Crippen LogP contribution in [0.2, 0.25) is 0 Å². The summed E-state index contributed by atoms with van der Waals surface area (Å²) in [6, 6.07) is 3.33. The van der Waals surface area contributed by atoms with E-state index in [0.717, 1.165) is 0 Å². The lowest BCUT2D eigenvalue weighted by Crippen LogP contribution is -2.44. The van der Waals surface area contributed by atoms with Crippen LogP contribution >= 0.6 is 0 Å². The fourth-order valence-electron chi connectivity index (χ4n) is 3.41. The van der Waals surface area contributed by atoms with E-state index in [0.29, 0.717) is 36.6 Å². The van der Waals surface area contributed by atoms with Gasteiger partial charge in [0.05, 0.1) is 31.0 Å². The molecule has 0 unspecified atom stereocenters. The summed E-state index contributed by atoms with van der Waals surface area (Å²) >= 11 is 0. The van der Waals surface area contributed by atoms with Gasteiger partial charge in [0.15, 0.2) is 5.78 Å². The number of nitrogens with zero attached hydrogens (tertiary/aromatic N) is 4. The van der Waals surface area contributed by atoms with Crippen LogP contribution in [0.25, 0.3) is 0 Å². The van der Waals surface area contributed by atoms with Crippen LogP contribution in [0.4, 0.5) is 0 Å². The van der Waals surface area contributed by atoms with E-state index < -0.39 is 17.9 Å². The van der Waals surface area contributed by atoms with Crippen LogP contribution in [0.1, 0.15) is 24.7 Å². The van der Waals surface area contributed by atoms with E-state index in [1.54, 1.807) is 33.8 Å². The number of carbonyl (C=O) groups is 4. The molecule has 1 aliphatic rings. The molecular formula is C21H30N4O8. The number of aromatic nitrogens is 1. The third-order valence-corrected chi connectivity index (χ3v) is 5.07. The number of Topliss-reactive ketones (excluding diaryl/α,β-unsaturated/α-hetero) is 1. The Bertz CT molecular complexity index is 863. The normalized spacial score (nSPS) is 16.4. The Morgan fingerprint density at radius 2 is 1.36 bits per heavy atom. The van der Waals surface area contributed by atoms with Gasteiger partial charge in [0.1, 0.15) is 12.4 Å². The first kappa shape index (κ1) is 26.2. The van der Waals surface area contributed by atoms with Gasteiger partial charge in [-0.3, -0.25) is 38.9 Å². The van der Waals surface area contributed by atoms with Gasteiger partial charge in [-0.1, -0.05) is 6.92 Å². The second kappa shape index (κ2) is 12.8. The number of aliphatic carboxylic acids is 3. The monoisotopic (exact) mass is 466 g/mol. The Balaban J connectivity index is 2.37. The van der Waals surface area contributed by atoms with Crippen molar-refractivity contribution in [2.45, 2.75) is 26.4 Å². The number of rotatable bonds is 10. The van der Waals surface area contributed by atoms with Gasteiger partial charge in [-0.15, -0.1) is 0 Å². The van der Waals surface area contributed by atoms with Gasteiger partial charge in [-0.05, 0) is 12.1 Å². The first-order chi connectivity index (χ1) is 15.7. The predicted molar refractivity (Wildman–Crippen MR) is 115 cm³/mol. The smallest absolute Gasteiger partial charge is 0.317 e. The lowest BCUT2D eigenvalue weighted by atomic mass is 10.2. The van der Waals surface area contributed by atoms with Crippen molar-refractivity contribution < 1.29 is 39.2 Å². The molecule has 2 bridgehead atoms. The van der Waals surface area contributed by atoms with Gasteiger partial charge in [0.2, 0.25) is 0 Å². The molecule has 0 atom stereocenters. The summed E-state index contributed by atoms with van der Waals surface area (Å²) in [6.07, 6.45) is 0.315. The molecule has 0 aromatic carbocycles. The molecule has 1 aromatic rings. The summed E-state index contributed by atoms with van der Waals surface area (Å²) in [5.41, 5.74) is 0.985. The lowest BCUT2D eigenvalue weighted by Gasteiger charge is -2.29. The molecule has 182 valence electrons. The Kier molecular flexibility index (Phi) is 10.2. The van der Waals surface area contributed by atoms with E-state index >= 15 is 0 Å². The summed E-state index contributed by atoms with van der Waals surface area (Å²) in [7, 11) is 0. The van der Waals surface area contributed by atoms with Crippen molar-refractivity contribution in [2.75, 3.05) is 52.4 Å². The van der Waals surface area contributed by atoms with Crippen LogP contribution in [0.3, 0.4) is 0 Å². The molecule has 0 fully saturated rings. The molecule has 2 rings (SSSR count). The molecule has 0 aliphatic carbocycles. The molecule has 1 aliphatic heterocycles. The molecule has 3 N–H and O–H groups in total. The molecule has 0 saturated heterocycles. The number of hydrogen-bond donors (Lipinski definition) is 3. The highest BCUT2D eigenvalue weighted by Gasteiger charge is 2.21. The van der Waals surface area contributed by atoms with Crippen molar-refractivity contribution in [2.24, 2.45) is 0 Å². The minimum Gasteiger partial charge on any atom is -0.484 e. The highest BCUT2D eigenvalue weighted by molar-refractivity contribution is 5.79. The molecule has 2 heterocycles. The number of carbonyl (C=O) groups excluding carboxylic acids is 1. The number of ether oxygens (including phenoxy) is 1. The van der Waals surface area contributed by atoms with Crippen LogP contribution < -0.4 is 4.74 Å². The van der Waals surface area contributed by atoms with Crippen LogP contribution in [-0.2, 0) is 32.3 Å². The van der Waals surface area contributed by atoms with E-state index in [-0.39, 0.29) is 58.2 Å². The number of fused-ring (bicyclic) bond motifs is 2. The van der Waals surface area contributed by atoms with Crippen molar-refractivity contribution in [1.29, 1.82) is 0 Å². The second-order valence-electron chi connectivity index (χ2n) is 7.81. The minimum absolute atomic E-state index is 0.0984. The van der Waals surface area contributed by atoms with Gasteiger partial charge in [-0.25, -0.2) is 0 Å². The Morgan fingerprint density at radius 3 is 1.91 bits per heavy atom. The average Bonchev–Trinajstić information content (AvgIpc) is 2.72. The maximum Gasteiger partial charge on any atom is 0.317 e. The summed E-state index contributed by atoms with van der Waals surface area (Å²) in [5, 5.41) is 27.8. The number of carboxylic acid groups (broad SMARTS) is 3. The van der Waals surface area contributed by atoms with Crippen LogP contribution in [0.15, 0.2) is 12.1 Å². The predicted octanol–water partition coefficient (Wildman–Crippen LogP) is -0.387. The van der Waals surface area contributed by atoms with Crippen molar-refractivity contribution >= 4 is 23.7 Å². The van der Waals surface area contributed by atoms with E-state index in [1.165, 1.54) is 0 Å². The highest BCUT2D eigenvalue weighted by Crippen LogP contribution is 2.21. The molecule has 0 spiro atoms. The summed E-state index contributed by atoms with van der Waals surface area (Å²) in [6.45, 7) is 2.22. The number of hydrogen-bond acceptors (Lipinski definition) is 9. The van der Waals surface area contributed by atoms with Gasteiger partial charge in [0.25, 0.3) is 0 Å². The first-order valence-electron chi connectivity index (χ1n) is 10.6. The molecule has 0 amide bonds. The Hall–Kier alpha value is -3.09. The van der Waals surface area contributed by atoms with E-state index in [1.807, 2.05) is 0 Å². The standard InChI is InChI=1S/C21H30N4O8/c1-2-16(26)14-33-18-4-3-15-9-24(12-20(29)30)7-5-23(11-19(27)28)6-8-25(13-21(31)32)10-17(18)22-15/h3-4H,2,5-14H2,1H3,(H,27,28)(H,29,30)(H,31,32). The second-order valence-corrected chi connectivity index (χ2v) is 7.81. The summed E-state index contributed by atoms with van der Waals surface area (Å²) < 4.78 is 5.63. The molecule has 1 aromatic heterocycles. The average molecular weight is 466 g/mol. The van der Waals surface area contributed by atoms with E-state index in [9.17, 15) is 34.5 Å². The zero-order chi connectivity index (χ0) is 24.4. The largest absolute Gasteiger partial charge is 0.484 e. The van der Waals surface area contributed by atoms with Crippen LogP contribution in [0.5, 0.6) is 5.75 Å². The van der Waals surface area contributed by atoms with Crippen molar-refractivity contribution in [3.8, 4) is 5.75 Å². The maximum absolute atomic E-state index is 11.7. The molecular weight excluding hydrogens is 436 g/mol. The minimum atomic E-state index is -1.04. The van der Waals surface area contributed by atoms with Gasteiger partial charge < -0.3 is 20.1 Å². The van der Waals surface area contributed by atoms with E-state index in [4.69, 9.17) is 4.74 Å². The van der Waals surface area contributed by atoms with Crippen molar-refractivity contribution in [3.63, 3.8) is 0 Å². The van der Waals surface area contributed by atoms with Crippen molar-refractivity contribution in [1.82, 2.24) is 19.7 Å². The molecule has 33 heavy (non-hydrogen) atoms. The zero-order valence-corrected chi connectivity index (χ0v) is 18.6. The molecule has 12 nitrogen and oxygen atoms in total. The van der Waals surface area contributed by atoms with Gasteiger partial charge >= 0.3 is 17.9 Å². The molecule has 0 saturated carbocycles. The zero-order valence-electron chi connectivity index (χ0n) is 18.6. The topological polar surface area (TPSA) is 161 Å². The van der Waals surface area contributed by atoms with Crippen molar-refractivity contribution in [3.05, 3.63) is 23.5 Å². The van der Waals surface area contributed by atoms with Gasteiger partial charge in [0, 0.05) is 45.7 Å². The Morgan fingerprint density at radius 1 is 0.848 bits per heavy atom. The Labute approximate surface area is 191 Å². The SMILES string of the molecule is CCC(=O)COc1ccc2nc1CN(CC(=O)O)CCN(CC(=O)O)CCN(CC(=O)O)C2. The number of ketones is 1. The quantitative estimate of drug-likeness (QED) is 0.410. The fraction of sp³-hybridized carbons (Fsp3) is 0.571. The summed E-state index contributed by atoms with van der Waals surface area (Å²) in [4.78, 5) is 55.2. The molecule has 0 radical (unpaired) electrons. The van der Waals surface area contributed by atoms with Crippen LogP contribution in [-0.4, -0.2) is 111 Å². The van der Waals surface area contributed by atoms with Gasteiger partial charge in [-0.2, -0.15) is 0 Å². The number of carboxylic acids is 3. The molecule has 12 heteroatoms. The number of pyridine rings is 1. The summed E-state index contributed by atoms with van der Waals surface area (Å²) in [5.74, 6) is -2.84. The van der Waals surface area contributed by atoms with Crippen LogP contribution in [0, 0.1) is 0 Å². The maximum atomic E-state index is 11.7. The highest BCUT2D eigenvalue weighted by atomic mass is 16.5. The third kappa shape index (κ3) is 9.51. The third-order valence-electron chi connectivity index (χ3n) is 5.07. The lowest BCUT2D eigenvalue weighted by molar-refractivity contribution is -0.140.